The second kappa shape index (κ2) is 8.10. The van der Waals surface area contributed by atoms with Crippen molar-refractivity contribution < 1.29 is 4.79 Å². The summed E-state index contributed by atoms with van der Waals surface area (Å²) in [6, 6.07) is 13.4. The maximum absolute atomic E-state index is 13.3. The Hall–Kier alpha value is -2.10. The molecule has 1 saturated carbocycles. The largest absolute Gasteiger partial charge is 0.349 e. The van der Waals surface area contributed by atoms with Crippen LogP contribution in [-0.2, 0) is 0 Å². The minimum absolute atomic E-state index is 0.0330. The molecule has 0 unspecified atom stereocenters. The monoisotopic (exact) mass is 412 g/mol. The number of rotatable bonds is 3. The summed E-state index contributed by atoms with van der Waals surface area (Å²) in [5, 5.41) is 5.21. The summed E-state index contributed by atoms with van der Waals surface area (Å²) in [6.07, 6.45) is 5.69. The first kappa shape index (κ1) is 19.2. The van der Waals surface area contributed by atoms with E-state index in [0.717, 1.165) is 34.9 Å². The molecule has 0 saturated heterocycles. The Morgan fingerprint density at radius 3 is 2.57 bits per heavy atom. The molecule has 1 aliphatic carbocycles. The van der Waals surface area contributed by atoms with Gasteiger partial charge in [0.15, 0.2) is 0 Å². The lowest BCUT2D eigenvalue weighted by molar-refractivity contribution is 0.0929. The summed E-state index contributed by atoms with van der Waals surface area (Å²) in [6.45, 7) is 1.94. The van der Waals surface area contributed by atoms with Crippen molar-refractivity contribution in [3.8, 4) is 11.3 Å². The van der Waals surface area contributed by atoms with Gasteiger partial charge in [-0.2, -0.15) is 0 Å². The molecule has 0 atom stereocenters. The Kier molecular flexibility index (Phi) is 5.56. The van der Waals surface area contributed by atoms with E-state index in [4.69, 9.17) is 28.2 Å². The van der Waals surface area contributed by atoms with Crippen LogP contribution in [0.3, 0.4) is 0 Å². The molecule has 28 heavy (non-hydrogen) atoms. The highest BCUT2D eigenvalue weighted by molar-refractivity contribution is 6.36. The van der Waals surface area contributed by atoms with Gasteiger partial charge in [-0.1, -0.05) is 60.7 Å². The average Bonchev–Trinajstić information content (AvgIpc) is 2.68. The van der Waals surface area contributed by atoms with E-state index in [1.165, 1.54) is 19.3 Å². The lowest BCUT2D eigenvalue weighted by Crippen LogP contribution is -2.36. The normalized spacial score (nSPS) is 15.0. The Bertz CT molecular complexity index is 1040. The van der Waals surface area contributed by atoms with Crippen molar-refractivity contribution in [2.24, 2.45) is 0 Å². The van der Waals surface area contributed by atoms with Crippen molar-refractivity contribution in [1.29, 1.82) is 0 Å². The van der Waals surface area contributed by atoms with Crippen molar-refractivity contribution >= 4 is 40.0 Å². The van der Waals surface area contributed by atoms with Gasteiger partial charge in [0.1, 0.15) is 0 Å². The van der Waals surface area contributed by atoms with Gasteiger partial charge >= 0.3 is 0 Å². The summed E-state index contributed by atoms with van der Waals surface area (Å²) in [4.78, 5) is 18.1. The van der Waals surface area contributed by atoms with Gasteiger partial charge < -0.3 is 5.32 Å². The van der Waals surface area contributed by atoms with Gasteiger partial charge in [0, 0.05) is 22.0 Å². The first-order chi connectivity index (χ1) is 13.5. The Labute approximate surface area is 175 Å². The van der Waals surface area contributed by atoms with E-state index < -0.39 is 0 Å². The van der Waals surface area contributed by atoms with Gasteiger partial charge in [-0.3, -0.25) is 4.79 Å². The third kappa shape index (κ3) is 3.74. The highest BCUT2D eigenvalue weighted by Crippen LogP contribution is 2.35. The number of halogens is 2. The van der Waals surface area contributed by atoms with Crippen LogP contribution in [-0.4, -0.2) is 16.9 Å². The number of carbonyl (C=O) groups is 1. The van der Waals surface area contributed by atoms with E-state index in [0.29, 0.717) is 21.3 Å². The number of nitrogens with one attached hydrogen (secondary N) is 1. The maximum Gasteiger partial charge on any atom is 0.252 e. The molecule has 0 spiro atoms. The molecule has 0 bridgehead atoms. The number of benzene rings is 2. The molecule has 1 aromatic heterocycles. The molecule has 2 aromatic carbocycles. The van der Waals surface area contributed by atoms with Crippen LogP contribution in [0.15, 0.2) is 42.5 Å². The van der Waals surface area contributed by atoms with E-state index in [2.05, 4.69) is 5.32 Å². The molecule has 0 aliphatic heterocycles. The summed E-state index contributed by atoms with van der Waals surface area (Å²) in [5.74, 6) is -0.0330. The quantitative estimate of drug-likeness (QED) is 0.527. The topological polar surface area (TPSA) is 42.0 Å². The van der Waals surface area contributed by atoms with Crippen LogP contribution in [0.1, 0.15) is 48.0 Å². The van der Waals surface area contributed by atoms with Crippen LogP contribution >= 0.6 is 23.2 Å². The van der Waals surface area contributed by atoms with Crippen molar-refractivity contribution in [1.82, 2.24) is 10.3 Å². The summed E-state index contributed by atoms with van der Waals surface area (Å²) >= 11 is 12.5. The van der Waals surface area contributed by atoms with Crippen LogP contribution in [0.2, 0.25) is 10.0 Å². The van der Waals surface area contributed by atoms with Crippen molar-refractivity contribution in [2.45, 2.75) is 45.1 Å². The number of nitrogens with zero attached hydrogens (tertiary/aromatic N) is 1. The summed E-state index contributed by atoms with van der Waals surface area (Å²) < 4.78 is 0. The number of pyridine rings is 1. The Balaban J connectivity index is 1.84. The number of aromatic nitrogens is 1. The number of fused-ring (bicyclic) bond motifs is 1. The molecule has 1 fully saturated rings. The third-order valence-corrected chi connectivity index (χ3v) is 6.04. The van der Waals surface area contributed by atoms with Crippen LogP contribution < -0.4 is 5.32 Å². The first-order valence-corrected chi connectivity index (χ1v) is 10.5. The van der Waals surface area contributed by atoms with Crippen molar-refractivity contribution in [3.63, 3.8) is 0 Å². The second-order valence-electron chi connectivity index (χ2n) is 7.41. The Morgan fingerprint density at radius 1 is 1.07 bits per heavy atom. The molecule has 0 radical (unpaired) electrons. The predicted molar refractivity (Wildman–Crippen MR) is 116 cm³/mol. The minimum atomic E-state index is -0.0330. The molecule has 3 nitrogen and oxygen atoms in total. The van der Waals surface area contributed by atoms with Crippen LogP contribution in [0.4, 0.5) is 0 Å². The first-order valence-electron chi connectivity index (χ1n) is 9.70. The lowest BCUT2D eigenvalue weighted by Gasteiger charge is -2.24. The Morgan fingerprint density at radius 2 is 1.82 bits per heavy atom. The van der Waals surface area contributed by atoms with Crippen LogP contribution in [0, 0.1) is 6.92 Å². The molecule has 4 rings (SSSR count). The number of hydrogen-bond acceptors (Lipinski definition) is 2. The van der Waals surface area contributed by atoms with Crippen LogP contribution in [0.5, 0.6) is 0 Å². The SMILES string of the molecule is Cc1c(-c2ccc(Cl)cc2Cl)nc2ccccc2c1C(=O)NC1CCCCC1. The fourth-order valence-electron chi connectivity index (χ4n) is 4.05. The minimum Gasteiger partial charge on any atom is -0.349 e. The van der Waals surface area contributed by atoms with Gasteiger partial charge in [0.05, 0.1) is 21.8 Å². The van der Waals surface area contributed by atoms with E-state index in [1.54, 1.807) is 12.1 Å². The van der Waals surface area contributed by atoms with E-state index in [9.17, 15) is 4.79 Å². The molecule has 144 valence electrons. The molecule has 1 amide bonds. The van der Waals surface area contributed by atoms with Gasteiger partial charge in [0.25, 0.3) is 5.91 Å². The predicted octanol–water partition coefficient (Wildman–Crippen LogP) is 6.58. The zero-order valence-electron chi connectivity index (χ0n) is 15.8. The number of carbonyl (C=O) groups excluding carboxylic acids is 1. The van der Waals surface area contributed by atoms with E-state index >= 15 is 0 Å². The fraction of sp³-hybridized carbons (Fsp3) is 0.304. The zero-order chi connectivity index (χ0) is 19.7. The lowest BCUT2D eigenvalue weighted by atomic mass is 9.93. The van der Waals surface area contributed by atoms with Gasteiger partial charge in [-0.25, -0.2) is 4.98 Å². The van der Waals surface area contributed by atoms with E-state index in [1.807, 2.05) is 37.3 Å². The maximum atomic E-state index is 13.3. The zero-order valence-corrected chi connectivity index (χ0v) is 17.3. The molecule has 3 aromatic rings. The highest BCUT2D eigenvalue weighted by atomic mass is 35.5. The smallest absolute Gasteiger partial charge is 0.252 e. The molecule has 1 heterocycles. The molecular formula is C23H22Cl2N2O. The van der Waals surface area contributed by atoms with Crippen molar-refractivity contribution in [2.75, 3.05) is 0 Å². The highest BCUT2D eigenvalue weighted by Gasteiger charge is 2.23. The van der Waals surface area contributed by atoms with Gasteiger partial charge in [-0.05, 0) is 49.6 Å². The molecule has 5 heteroatoms. The van der Waals surface area contributed by atoms with E-state index in [-0.39, 0.29) is 11.9 Å². The summed E-state index contributed by atoms with van der Waals surface area (Å²) in [7, 11) is 0. The number of amides is 1. The molecule has 1 aliphatic rings. The summed E-state index contributed by atoms with van der Waals surface area (Å²) in [5.41, 5.74) is 3.78. The second-order valence-corrected chi connectivity index (χ2v) is 8.25. The number of hydrogen-bond donors (Lipinski definition) is 1. The average molecular weight is 413 g/mol. The van der Waals surface area contributed by atoms with Crippen LogP contribution in [0.25, 0.3) is 22.2 Å². The standard InChI is InChI=1S/C23H22Cl2N2O/c1-14-21(23(28)26-16-7-3-2-4-8-16)18-9-5-6-10-20(18)27-22(14)17-12-11-15(24)13-19(17)25/h5-6,9-13,16H,2-4,7-8H2,1H3,(H,26,28). The third-order valence-electron chi connectivity index (χ3n) is 5.49. The van der Waals surface area contributed by atoms with Crippen molar-refractivity contribution in [3.05, 3.63) is 63.6 Å². The molecular weight excluding hydrogens is 391 g/mol. The van der Waals surface area contributed by atoms with Gasteiger partial charge in [0.2, 0.25) is 0 Å². The number of para-hydroxylation sites is 1. The van der Waals surface area contributed by atoms with Gasteiger partial charge in [-0.15, -0.1) is 0 Å². The fourth-order valence-corrected chi connectivity index (χ4v) is 4.55. The molecule has 1 N–H and O–H groups in total.